The Hall–Kier alpha value is -10.7. The molecule has 0 amide bonds. The quantitative estimate of drug-likeness (QED) is 0.157. The lowest BCUT2D eigenvalue weighted by Crippen LogP contribution is -2.11. The average Bonchev–Trinajstić information content (AvgIpc) is 4.31. The van der Waals surface area contributed by atoms with Gasteiger partial charge in [-0.2, -0.15) is 5.26 Å². The second kappa shape index (κ2) is 17.2. The van der Waals surface area contributed by atoms with E-state index in [0.29, 0.717) is 5.56 Å². The minimum absolute atomic E-state index is 0.568. The molecular formula is C73H45N5. The maximum Gasteiger partial charge on any atom is 0.101 e. The van der Waals surface area contributed by atoms with E-state index in [-0.39, 0.29) is 0 Å². The molecular weight excluding hydrogens is 947 g/mol. The SMILES string of the molecule is N#Cc1c(-c2cccc3c4ccccc4n(-c4ccccc4)c23)c(-n2c3ccccc3c3ccccc32)c(-c2ccccc2)c(-n2c3ccccc3c3ccccc32)c1-c1cccc2c3ccccc3n(-c3ccccc3)c12. The lowest BCUT2D eigenvalue weighted by atomic mass is 9.82. The van der Waals surface area contributed by atoms with Crippen LogP contribution in [0.25, 0.3) is 143 Å². The third-order valence-electron chi connectivity index (χ3n) is 16.2. The van der Waals surface area contributed by atoms with E-state index in [4.69, 9.17) is 0 Å². The van der Waals surface area contributed by atoms with E-state index in [1.165, 1.54) is 0 Å². The number of fused-ring (bicyclic) bond motifs is 12. The monoisotopic (exact) mass is 991 g/mol. The first-order chi connectivity index (χ1) is 38.8. The zero-order valence-electron chi connectivity index (χ0n) is 42.2. The van der Waals surface area contributed by atoms with Crippen molar-refractivity contribution in [2.75, 3.05) is 0 Å². The van der Waals surface area contributed by atoms with E-state index in [0.717, 1.165) is 143 Å². The van der Waals surface area contributed by atoms with Crippen LogP contribution in [0.15, 0.2) is 273 Å². The Balaban J connectivity index is 1.24. The highest BCUT2D eigenvalue weighted by atomic mass is 15.0. The predicted molar refractivity (Wildman–Crippen MR) is 325 cm³/mol. The lowest BCUT2D eigenvalue weighted by molar-refractivity contribution is 1.13. The zero-order chi connectivity index (χ0) is 51.4. The highest BCUT2D eigenvalue weighted by molar-refractivity contribution is 6.21. The second-order valence-electron chi connectivity index (χ2n) is 20.2. The number of hydrogen-bond donors (Lipinski definition) is 0. The summed E-state index contributed by atoms with van der Waals surface area (Å²) in [6.07, 6.45) is 0. The van der Waals surface area contributed by atoms with Gasteiger partial charge in [0.05, 0.1) is 61.1 Å². The molecule has 12 aromatic carbocycles. The first-order valence-corrected chi connectivity index (χ1v) is 26.6. The van der Waals surface area contributed by atoms with Gasteiger partial charge < -0.3 is 18.3 Å². The van der Waals surface area contributed by atoms with Crippen LogP contribution >= 0.6 is 0 Å². The van der Waals surface area contributed by atoms with Gasteiger partial charge in [-0.1, -0.05) is 212 Å². The van der Waals surface area contributed by atoms with Gasteiger partial charge in [0.2, 0.25) is 0 Å². The second-order valence-corrected chi connectivity index (χ2v) is 20.2. The Labute approximate surface area is 449 Å². The summed E-state index contributed by atoms with van der Waals surface area (Å²) in [5, 5.41) is 22.0. The highest BCUT2D eigenvalue weighted by Gasteiger charge is 2.35. The van der Waals surface area contributed by atoms with Gasteiger partial charge in [-0.15, -0.1) is 0 Å². The van der Waals surface area contributed by atoms with E-state index in [1.807, 2.05) is 0 Å². The van der Waals surface area contributed by atoms with Gasteiger partial charge in [0, 0.05) is 82.3 Å². The molecule has 0 fully saturated rings. The number of para-hydroxylation sites is 10. The van der Waals surface area contributed by atoms with Crippen molar-refractivity contribution in [1.82, 2.24) is 18.3 Å². The fraction of sp³-hybridized carbons (Fsp3) is 0. The minimum atomic E-state index is 0.568. The van der Waals surface area contributed by atoms with Gasteiger partial charge in [0.1, 0.15) is 6.07 Å². The van der Waals surface area contributed by atoms with E-state index in [9.17, 15) is 5.26 Å². The minimum Gasteiger partial charge on any atom is -0.309 e. The van der Waals surface area contributed by atoms with Crippen molar-refractivity contribution in [3.05, 3.63) is 279 Å². The van der Waals surface area contributed by atoms with Crippen LogP contribution in [0.4, 0.5) is 0 Å². The predicted octanol–water partition coefficient (Wildman–Crippen LogP) is 18.9. The summed E-state index contributed by atoms with van der Waals surface area (Å²) in [5.74, 6) is 0. The molecule has 0 bridgehead atoms. The van der Waals surface area contributed by atoms with Crippen LogP contribution in [-0.2, 0) is 0 Å². The average molecular weight is 992 g/mol. The van der Waals surface area contributed by atoms with Gasteiger partial charge in [0.15, 0.2) is 0 Å². The number of aromatic nitrogens is 4. The Morgan fingerprint density at radius 3 is 0.872 bits per heavy atom. The van der Waals surface area contributed by atoms with Gasteiger partial charge >= 0.3 is 0 Å². The van der Waals surface area contributed by atoms with Gasteiger partial charge in [0.25, 0.3) is 0 Å². The standard InChI is InChI=1S/C73H45N5/c74-46-60-68(58-38-22-36-56-54-34-14-16-40-61(54)75(70(56)58)48-26-6-2-7-27-48)72(77-63-42-18-10-30-50(63)51-31-11-19-43-64(51)77)67(47-24-4-1-5-25-47)73(78-65-44-20-12-32-52(65)53-33-13-21-45-66(53)78)69(60)59-39-23-37-57-55-35-15-17-41-62(55)76(71(57)59)49-28-8-3-9-29-49/h1-45H. The molecule has 0 aliphatic rings. The molecule has 16 rings (SSSR count). The van der Waals surface area contributed by atoms with Gasteiger partial charge in [-0.25, -0.2) is 0 Å². The van der Waals surface area contributed by atoms with Crippen molar-refractivity contribution in [3.8, 4) is 62.2 Å². The maximum atomic E-state index is 13.0. The number of nitriles is 1. The highest BCUT2D eigenvalue weighted by Crippen LogP contribution is 2.55. The topological polar surface area (TPSA) is 43.5 Å². The molecule has 0 unspecified atom stereocenters. The van der Waals surface area contributed by atoms with Crippen LogP contribution in [0, 0.1) is 11.3 Å². The molecule has 362 valence electrons. The van der Waals surface area contributed by atoms with Crippen molar-refractivity contribution >= 4 is 87.2 Å². The van der Waals surface area contributed by atoms with Gasteiger partial charge in [-0.3, -0.25) is 0 Å². The first kappa shape index (κ1) is 43.7. The Morgan fingerprint density at radius 1 is 0.244 bits per heavy atom. The van der Waals surface area contributed by atoms with Crippen LogP contribution < -0.4 is 0 Å². The molecule has 16 aromatic rings. The molecule has 0 N–H and O–H groups in total. The van der Waals surface area contributed by atoms with E-state index >= 15 is 0 Å². The molecule has 0 aliphatic carbocycles. The summed E-state index contributed by atoms with van der Waals surface area (Å²) in [5.41, 5.74) is 18.5. The summed E-state index contributed by atoms with van der Waals surface area (Å²) in [6, 6.07) is 101. The molecule has 78 heavy (non-hydrogen) atoms. The summed E-state index contributed by atoms with van der Waals surface area (Å²) in [6.45, 7) is 0. The molecule has 0 saturated heterocycles. The molecule has 0 radical (unpaired) electrons. The Kier molecular flexibility index (Phi) is 9.63. The molecule has 4 heterocycles. The summed E-state index contributed by atoms with van der Waals surface area (Å²) < 4.78 is 9.77. The summed E-state index contributed by atoms with van der Waals surface area (Å²) >= 11 is 0. The fourth-order valence-corrected chi connectivity index (χ4v) is 13.1. The number of rotatable bonds is 7. The summed E-state index contributed by atoms with van der Waals surface area (Å²) in [7, 11) is 0. The van der Waals surface area contributed by atoms with Crippen molar-refractivity contribution < 1.29 is 0 Å². The fourth-order valence-electron chi connectivity index (χ4n) is 13.1. The van der Waals surface area contributed by atoms with Crippen LogP contribution in [0.5, 0.6) is 0 Å². The number of hydrogen-bond acceptors (Lipinski definition) is 1. The third-order valence-corrected chi connectivity index (χ3v) is 16.2. The van der Waals surface area contributed by atoms with Crippen molar-refractivity contribution in [2.24, 2.45) is 0 Å². The van der Waals surface area contributed by atoms with E-state index < -0.39 is 0 Å². The van der Waals surface area contributed by atoms with E-state index in [1.54, 1.807) is 0 Å². The molecule has 5 heteroatoms. The first-order valence-electron chi connectivity index (χ1n) is 26.6. The lowest BCUT2D eigenvalue weighted by Gasteiger charge is -2.29. The van der Waals surface area contributed by atoms with Gasteiger partial charge in [-0.05, 0) is 66.2 Å². The van der Waals surface area contributed by atoms with E-state index in [2.05, 4.69) is 297 Å². The van der Waals surface area contributed by atoms with Crippen molar-refractivity contribution in [2.45, 2.75) is 0 Å². The molecule has 5 nitrogen and oxygen atoms in total. The molecule has 0 atom stereocenters. The van der Waals surface area contributed by atoms with Crippen molar-refractivity contribution in [3.63, 3.8) is 0 Å². The van der Waals surface area contributed by atoms with Crippen LogP contribution in [0.3, 0.4) is 0 Å². The van der Waals surface area contributed by atoms with Crippen LogP contribution in [0.2, 0.25) is 0 Å². The Morgan fingerprint density at radius 2 is 0.526 bits per heavy atom. The van der Waals surface area contributed by atoms with Crippen LogP contribution in [0.1, 0.15) is 5.56 Å². The Bertz CT molecular complexity index is 4740. The molecule has 0 spiro atoms. The maximum absolute atomic E-state index is 13.0. The molecule has 4 aromatic heterocycles. The number of nitrogens with zero attached hydrogens (tertiary/aromatic N) is 5. The third kappa shape index (κ3) is 6.17. The van der Waals surface area contributed by atoms with Crippen molar-refractivity contribution in [1.29, 1.82) is 5.26 Å². The summed E-state index contributed by atoms with van der Waals surface area (Å²) in [4.78, 5) is 0. The normalized spacial score (nSPS) is 11.8. The molecule has 0 saturated carbocycles. The zero-order valence-corrected chi connectivity index (χ0v) is 42.2. The smallest absolute Gasteiger partial charge is 0.101 e. The number of benzene rings is 12. The molecule has 0 aliphatic heterocycles. The van der Waals surface area contributed by atoms with Crippen LogP contribution in [-0.4, -0.2) is 18.3 Å². The largest absolute Gasteiger partial charge is 0.309 e.